The first-order valence-corrected chi connectivity index (χ1v) is 7.62. The van der Waals surface area contributed by atoms with Crippen molar-refractivity contribution in [2.45, 2.75) is 11.7 Å². The molecule has 2 heterocycles. The Kier molecular flexibility index (Phi) is 4.42. The van der Waals surface area contributed by atoms with Gasteiger partial charge in [-0.1, -0.05) is 23.4 Å². The van der Waals surface area contributed by atoms with Gasteiger partial charge in [-0.05, 0) is 24.3 Å². The number of hydrogen-bond donors (Lipinski definition) is 2. The Hall–Kier alpha value is -2.92. The summed E-state index contributed by atoms with van der Waals surface area (Å²) in [6.45, 7) is 0. The summed E-state index contributed by atoms with van der Waals surface area (Å²) in [6.07, 6.45) is -2.17. The quantitative estimate of drug-likeness (QED) is 0.741. The van der Waals surface area contributed by atoms with Crippen LogP contribution in [0.25, 0.3) is 0 Å². The molecule has 9 heteroatoms. The molecule has 0 fully saturated rings. The summed E-state index contributed by atoms with van der Waals surface area (Å²) in [7, 11) is 1.19. The summed E-state index contributed by atoms with van der Waals surface area (Å²) >= 11 is 6.00. The Morgan fingerprint density at radius 1 is 1.31 bits per heavy atom. The Labute approximate surface area is 151 Å². The molecular weight excluding hydrogens is 371 g/mol. The zero-order valence-electron chi connectivity index (χ0n) is 13.2. The lowest BCUT2D eigenvalue weighted by molar-refractivity contribution is -0.179. The van der Waals surface area contributed by atoms with Crippen molar-refractivity contribution in [2.24, 2.45) is 0 Å². The average Bonchev–Trinajstić information content (AvgIpc) is 2.60. The van der Waals surface area contributed by atoms with E-state index in [2.05, 4.69) is 22.1 Å². The van der Waals surface area contributed by atoms with Gasteiger partial charge in [0, 0.05) is 18.0 Å². The van der Waals surface area contributed by atoms with Crippen LogP contribution in [0.5, 0.6) is 5.75 Å². The van der Waals surface area contributed by atoms with Gasteiger partial charge in [0.1, 0.15) is 5.75 Å². The van der Waals surface area contributed by atoms with Crippen molar-refractivity contribution in [1.29, 1.82) is 0 Å². The number of carbonyl (C=O) groups excluding carboxylic acids is 1. The summed E-state index contributed by atoms with van der Waals surface area (Å²) in [5.74, 6) is 4.35. The van der Waals surface area contributed by atoms with Gasteiger partial charge in [-0.25, -0.2) is 4.79 Å². The van der Waals surface area contributed by atoms with E-state index < -0.39 is 23.3 Å². The molecule has 134 valence electrons. The number of benzene rings is 1. The lowest BCUT2D eigenvalue weighted by atomic mass is 9.85. The van der Waals surface area contributed by atoms with E-state index in [9.17, 15) is 18.0 Å². The summed E-state index contributed by atoms with van der Waals surface area (Å²) in [5.41, 5.74) is -3.24. The zero-order chi connectivity index (χ0) is 18.9. The third-order valence-corrected chi connectivity index (χ3v) is 4.02. The second kappa shape index (κ2) is 6.42. The fraction of sp³-hybridized carbons (Fsp3) is 0.176. The number of halogens is 4. The smallest absolute Gasteiger partial charge is 0.427 e. The van der Waals surface area contributed by atoms with Crippen LogP contribution in [0.1, 0.15) is 11.1 Å². The van der Waals surface area contributed by atoms with Gasteiger partial charge in [-0.15, -0.1) is 0 Å². The molecule has 1 aliphatic heterocycles. The number of nitrogens with zero attached hydrogens (tertiary/aromatic N) is 1. The fourth-order valence-electron chi connectivity index (χ4n) is 2.60. The maximum absolute atomic E-state index is 14.1. The van der Waals surface area contributed by atoms with Gasteiger partial charge in [0.05, 0.1) is 23.4 Å². The molecule has 0 aliphatic carbocycles. The number of urea groups is 1. The molecule has 2 amide bonds. The van der Waals surface area contributed by atoms with E-state index in [1.165, 1.54) is 43.8 Å². The van der Waals surface area contributed by atoms with E-state index in [0.29, 0.717) is 0 Å². The number of carbonyl (C=O) groups is 1. The molecule has 1 aromatic heterocycles. The van der Waals surface area contributed by atoms with Crippen molar-refractivity contribution in [3.05, 3.63) is 52.8 Å². The summed E-state index contributed by atoms with van der Waals surface area (Å²) in [6, 6.07) is 4.60. The van der Waals surface area contributed by atoms with Crippen LogP contribution in [0.4, 0.5) is 23.7 Å². The summed E-state index contributed by atoms with van der Waals surface area (Å²) in [4.78, 5) is 15.7. The highest BCUT2D eigenvalue weighted by atomic mass is 35.5. The Balaban J connectivity index is 2.32. The molecule has 1 aromatic carbocycles. The number of anilines is 1. The molecule has 1 atom stereocenters. The van der Waals surface area contributed by atoms with Gasteiger partial charge >= 0.3 is 12.2 Å². The maximum Gasteiger partial charge on any atom is 0.427 e. The fourth-order valence-corrected chi connectivity index (χ4v) is 2.83. The standard InChI is InChI=1S/C17H11ClF3N3O2/c1-26-14-11(18)4-5-12-13(14)16(17(19,20)21,24-15(25)23-12)7-6-10-3-2-8-22-9-10/h2-5,8-9H,1H3,(H2,23,24,25)/t16-/m0/s1. The van der Waals surface area contributed by atoms with Crippen molar-refractivity contribution in [1.82, 2.24) is 10.3 Å². The monoisotopic (exact) mass is 381 g/mol. The van der Waals surface area contributed by atoms with Crippen LogP contribution in [0.2, 0.25) is 5.02 Å². The Morgan fingerprint density at radius 2 is 2.08 bits per heavy atom. The van der Waals surface area contributed by atoms with Crippen LogP contribution in [-0.4, -0.2) is 24.3 Å². The van der Waals surface area contributed by atoms with E-state index in [0.717, 1.165) is 0 Å². The highest BCUT2D eigenvalue weighted by molar-refractivity contribution is 6.32. The number of aromatic nitrogens is 1. The summed E-state index contributed by atoms with van der Waals surface area (Å²) in [5, 5.41) is 4.17. The minimum Gasteiger partial charge on any atom is -0.495 e. The van der Waals surface area contributed by atoms with Crippen LogP contribution >= 0.6 is 11.6 Å². The highest BCUT2D eigenvalue weighted by Gasteiger charge is 2.61. The first kappa shape index (κ1) is 17.9. The third kappa shape index (κ3) is 2.91. The molecule has 1 aliphatic rings. The van der Waals surface area contributed by atoms with Crippen LogP contribution in [0.15, 0.2) is 36.7 Å². The second-order valence-corrected chi connectivity index (χ2v) is 5.73. The number of pyridine rings is 1. The molecule has 0 saturated heterocycles. The predicted molar refractivity (Wildman–Crippen MR) is 89.0 cm³/mol. The Bertz CT molecular complexity index is 923. The molecule has 0 radical (unpaired) electrons. The van der Waals surface area contributed by atoms with Crippen molar-refractivity contribution in [3.8, 4) is 17.6 Å². The van der Waals surface area contributed by atoms with Crippen molar-refractivity contribution in [2.75, 3.05) is 12.4 Å². The number of rotatable bonds is 1. The third-order valence-electron chi connectivity index (χ3n) is 3.72. The number of fused-ring (bicyclic) bond motifs is 1. The van der Waals surface area contributed by atoms with E-state index >= 15 is 0 Å². The minimum absolute atomic E-state index is 0.0407. The van der Waals surface area contributed by atoms with Gasteiger partial charge in [0.15, 0.2) is 0 Å². The SMILES string of the molecule is COc1c(Cl)ccc2c1[C@@](C#Cc1cccnc1)(C(F)(F)F)NC(=O)N2. The lowest BCUT2D eigenvalue weighted by Gasteiger charge is -2.38. The number of amides is 2. The first-order valence-electron chi connectivity index (χ1n) is 7.24. The summed E-state index contributed by atoms with van der Waals surface area (Å²) < 4.78 is 47.5. The van der Waals surface area contributed by atoms with Crippen LogP contribution < -0.4 is 15.4 Å². The second-order valence-electron chi connectivity index (χ2n) is 5.32. The highest BCUT2D eigenvalue weighted by Crippen LogP contribution is 2.49. The van der Waals surface area contributed by atoms with Gasteiger partial charge in [-0.3, -0.25) is 4.98 Å². The molecule has 0 unspecified atom stereocenters. The average molecular weight is 382 g/mol. The van der Waals surface area contributed by atoms with Crippen LogP contribution in [0.3, 0.4) is 0 Å². The largest absolute Gasteiger partial charge is 0.495 e. The van der Waals surface area contributed by atoms with E-state index in [4.69, 9.17) is 16.3 Å². The Morgan fingerprint density at radius 3 is 2.69 bits per heavy atom. The molecular formula is C17H11ClF3N3O2. The zero-order valence-corrected chi connectivity index (χ0v) is 14.0. The van der Waals surface area contributed by atoms with E-state index in [-0.39, 0.29) is 22.0 Å². The van der Waals surface area contributed by atoms with Gasteiger partial charge in [-0.2, -0.15) is 13.2 Å². The molecule has 0 bridgehead atoms. The number of alkyl halides is 3. The molecule has 26 heavy (non-hydrogen) atoms. The van der Waals surface area contributed by atoms with Crippen molar-refractivity contribution in [3.63, 3.8) is 0 Å². The van der Waals surface area contributed by atoms with E-state index in [1.54, 1.807) is 0 Å². The number of nitrogens with one attached hydrogen (secondary N) is 2. The molecule has 3 rings (SSSR count). The normalized spacial score (nSPS) is 18.7. The molecule has 5 nitrogen and oxygen atoms in total. The number of hydrogen-bond acceptors (Lipinski definition) is 3. The molecule has 2 N–H and O–H groups in total. The molecule has 0 spiro atoms. The topological polar surface area (TPSA) is 63.2 Å². The van der Waals surface area contributed by atoms with Crippen LogP contribution in [0, 0.1) is 11.8 Å². The number of ether oxygens (including phenoxy) is 1. The maximum atomic E-state index is 14.1. The number of methoxy groups -OCH3 is 1. The van der Waals surface area contributed by atoms with Crippen LogP contribution in [-0.2, 0) is 5.54 Å². The lowest BCUT2D eigenvalue weighted by Crippen LogP contribution is -2.59. The van der Waals surface area contributed by atoms with Crippen molar-refractivity contribution < 1.29 is 22.7 Å². The van der Waals surface area contributed by atoms with Crippen molar-refractivity contribution >= 4 is 23.3 Å². The van der Waals surface area contributed by atoms with E-state index in [1.807, 2.05) is 5.32 Å². The molecule has 0 saturated carbocycles. The predicted octanol–water partition coefficient (Wildman–Crippen LogP) is 3.69. The first-order chi connectivity index (χ1) is 12.3. The molecule has 2 aromatic rings. The van der Waals surface area contributed by atoms with Gasteiger partial charge in [0.2, 0.25) is 5.54 Å². The minimum atomic E-state index is -4.95. The van der Waals surface area contributed by atoms with Gasteiger partial charge < -0.3 is 15.4 Å². The van der Waals surface area contributed by atoms with Gasteiger partial charge in [0.25, 0.3) is 0 Å².